The quantitative estimate of drug-likeness (QED) is 0.728. The largest absolute Gasteiger partial charge is 0.435 e. The number of hydrogen-bond donors (Lipinski definition) is 1. The Labute approximate surface area is 149 Å². The smallest absolute Gasteiger partial charge is 0.356 e. The van der Waals surface area contributed by atoms with E-state index in [-0.39, 0.29) is 18.4 Å². The Kier molecular flexibility index (Phi) is 5.33. The monoisotopic (exact) mass is 369 g/mol. The third-order valence-corrected chi connectivity index (χ3v) is 4.41. The molecule has 0 spiro atoms. The molecule has 0 aromatic carbocycles. The SMILES string of the molecule is CC(Cn1nc(C(F)(F)F)cc1C1CC1)C(=O)NCCCn1cccn1. The first-order valence-electron chi connectivity index (χ1n) is 8.74. The molecular weight excluding hydrogens is 347 g/mol. The van der Waals surface area contributed by atoms with Crippen LogP contribution >= 0.6 is 0 Å². The summed E-state index contributed by atoms with van der Waals surface area (Å²) in [6.07, 6.45) is 1.55. The number of carbonyl (C=O) groups excluding carboxylic acids is 1. The molecule has 1 saturated carbocycles. The van der Waals surface area contributed by atoms with Gasteiger partial charge in [0, 0.05) is 37.1 Å². The first-order chi connectivity index (χ1) is 12.3. The topological polar surface area (TPSA) is 64.7 Å². The molecule has 1 aliphatic rings. The highest BCUT2D eigenvalue weighted by atomic mass is 19.4. The molecule has 0 bridgehead atoms. The summed E-state index contributed by atoms with van der Waals surface area (Å²) in [5.41, 5.74) is -0.304. The van der Waals surface area contributed by atoms with Crippen LogP contribution in [0.5, 0.6) is 0 Å². The summed E-state index contributed by atoms with van der Waals surface area (Å²) in [6.45, 7) is 3.04. The minimum absolute atomic E-state index is 0.128. The van der Waals surface area contributed by atoms with Gasteiger partial charge in [0.15, 0.2) is 5.69 Å². The molecule has 1 fully saturated rings. The number of rotatable bonds is 8. The number of amides is 1. The van der Waals surface area contributed by atoms with E-state index in [2.05, 4.69) is 15.5 Å². The minimum Gasteiger partial charge on any atom is -0.356 e. The minimum atomic E-state index is -4.47. The van der Waals surface area contributed by atoms with Gasteiger partial charge in [0.1, 0.15) is 0 Å². The van der Waals surface area contributed by atoms with Crippen LogP contribution in [0.15, 0.2) is 24.5 Å². The fraction of sp³-hybridized carbons (Fsp3) is 0.588. The van der Waals surface area contributed by atoms with Gasteiger partial charge in [-0.05, 0) is 31.4 Å². The Bertz CT molecular complexity index is 734. The van der Waals surface area contributed by atoms with Crippen LogP contribution in [0.2, 0.25) is 0 Å². The molecule has 1 atom stereocenters. The first kappa shape index (κ1) is 18.5. The maximum absolute atomic E-state index is 12.9. The summed E-state index contributed by atoms with van der Waals surface area (Å²) >= 11 is 0. The van der Waals surface area contributed by atoms with Gasteiger partial charge in [-0.1, -0.05) is 6.92 Å². The van der Waals surface area contributed by atoms with Gasteiger partial charge in [-0.25, -0.2) is 0 Å². The van der Waals surface area contributed by atoms with E-state index >= 15 is 0 Å². The van der Waals surface area contributed by atoms with E-state index in [1.165, 1.54) is 4.68 Å². The summed E-state index contributed by atoms with van der Waals surface area (Å²) in [4.78, 5) is 12.2. The molecule has 2 heterocycles. The molecule has 0 saturated heterocycles. The summed E-state index contributed by atoms with van der Waals surface area (Å²) in [5, 5.41) is 10.6. The number of nitrogens with zero attached hydrogens (tertiary/aromatic N) is 4. The van der Waals surface area contributed by atoms with Gasteiger partial charge < -0.3 is 5.32 Å². The van der Waals surface area contributed by atoms with Crippen LogP contribution < -0.4 is 5.32 Å². The Morgan fingerprint density at radius 3 is 2.81 bits per heavy atom. The van der Waals surface area contributed by atoms with Crippen molar-refractivity contribution in [1.82, 2.24) is 24.9 Å². The predicted molar refractivity (Wildman–Crippen MR) is 88.2 cm³/mol. The molecule has 26 heavy (non-hydrogen) atoms. The molecular formula is C17H22F3N5O. The van der Waals surface area contributed by atoms with Gasteiger partial charge in [0.25, 0.3) is 0 Å². The van der Waals surface area contributed by atoms with Crippen LogP contribution in [-0.2, 0) is 24.1 Å². The standard InChI is InChI=1S/C17H22F3N5O/c1-12(16(26)21-6-2-8-24-9-3-7-22-24)11-25-14(13-4-5-13)10-15(23-25)17(18,19)20/h3,7,9-10,12-13H,2,4-6,8,11H2,1H3,(H,21,26). The van der Waals surface area contributed by atoms with Crippen LogP contribution in [0.3, 0.4) is 0 Å². The third-order valence-electron chi connectivity index (χ3n) is 4.41. The van der Waals surface area contributed by atoms with Crippen molar-refractivity contribution in [3.05, 3.63) is 35.9 Å². The van der Waals surface area contributed by atoms with E-state index < -0.39 is 17.8 Å². The van der Waals surface area contributed by atoms with Gasteiger partial charge in [-0.2, -0.15) is 23.4 Å². The maximum Gasteiger partial charge on any atom is 0.435 e. The zero-order valence-corrected chi connectivity index (χ0v) is 14.5. The highest BCUT2D eigenvalue weighted by molar-refractivity contribution is 5.78. The van der Waals surface area contributed by atoms with Gasteiger partial charge in [0.05, 0.1) is 12.5 Å². The summed E-state index contributed by atoms with van der Waals surface area (Å²) in [6, 6.07) is 2.95. The lowest BCUT2D eigenvalue weighted by Crippen LogP contribution is -2.33. The molecule has 1 N–H and O–H groups in total. The van der Waals surface area contributed by atoms with Crippen LogP contribution in [0.1, 0.15) is 43.5 Å². The fourth-order valence-electron chi connectivity index (χ4n) is 2.83. The highest BCUT2D eigenvalue weighted by Gasteiger charge is 2.38. The Morgan fingerprint density at radius 1 is 1.42 bits per heavy atom. The van der Waals surface area contributed by atoms with Gasteiger partial charge in [-0.15, -0.1) is 0 Å². The van der Waals surface area contributed by atoms with Crippen molar-refractivity contribution in [3.63, 3.8) is 0 Å². The van der Waals surface area contributed by atoms with Crippen LogP contribution in [0, 0.1) is 5.92 Å². The Hall–Kier alpha value is -2.32. The van der Waals surface area contributed by atoms with Gasteiger partial charge in [0.2, 0.25) is 5.91 Å². The second-order valence-electron chi connectivity index (χ2n) is 6.72. The second kappa shape index (κ2) is 7.51. The second-order valence-corrected chi connectivity index (χ2v) is 6.72. The van der Waals surface area contributed by atoms with Crippen molar-refractivity contribution in [2.24, 2.45) is 5.92 Å². The normalized spacial score (nSPS) is 15.8. The van der Waals surface area contributed by atoms with E-state index in [4.69, 9.17) is 0 Å². The molecule has 1 aliphatic carbocycles. The summed E-state index contributed by atoms with van der Waals surface area (Å²) in [7, 11) is 0. The number of aromatic nitrogens is 4. The van der Waals surface area contributed by atoms with Crippen molar-refractivity contribution >= 4 is 5.91 Å². The maximum atomic E-state index is 12.9. The zero-order valence-electron chi connectivity index (χ0n) is 14.5. The molecule has 1 amide bonds. The van der Waals surface area contributed by atoms with E-state index in [1.54, 1.807) is 17.8 Å². The van der Waals surface area contributed by atoms with E-state index in [0.29, 0.717) is 18.8 Å². The van der Waals surface area contributed by atoms with E-state index in [9.17, 15) is 18.0 Å². The molecule has 0 aliphatic heterocycles. The zero-order chi connectivity index (χ0) is 18.7. The van der Waals surface area contributed by atoms with Crippen LogP contribution in [0.25, 0.3) is 0 Å². The van der Waals surface area contributed by atoms with E-state index in [0.717, 1.165) is 25.3 Å². The van der Waals surface area contributed by atoms with Crippen LogP contribution in [-0.4, -0.2) is 32.0 Å². The molecule has 6 nitrogen and oxygen atoms in total. The summed E-state index contributed by atoms with van der Waals surface area (Å²) < 4.78 is 41.9. The van der Waals surface area contributed by atoms with Crippen molar-refractivity contribution < 1.29 is 18.0 Å². The number of halogens is 3. The lowest BCUT2D eigenvalue weighted by molar-refractivity contribution is -0.141. The molecule has 1 unspecified atom stereocenters. The number of nitrogens with one attached hydrogen (secondary N) is 1. The number of alkyl halides is 3. The Balaban J connectivity index is 1.52. The van der Waals surface area contributed by atoms with Crippen LogP contribution in [0.4, 0.5) is 13.2 Å². The first-order valence-corrected chi connectivity index (χ1v) is 8.74. The molecule has 142 valence electrons. The highest BCUT2D eigenvalue weighted by Crippen LogP contribution is 2.42. The number of aryl methyl sites for hydroxylation is 1. The van der Waals surface area contributed by atoms with E-state index in [1.807, 2.05) is 12.3 Å². The lowest BCUT2D eigenvalue weighted by atomic mass is 10.1. The number of carbonyl (C=O) groups is 1. The van der Waals surface area contributed by atoms with Gasteiger partial charge >= 0.3 is 6.18 Å². The molecule has 2 aromatic heterocycles. The Morgan fingerprint density at radius 2 is 2.19 bits per heavy atom. The van der Waals surface area contributed by atoms with Crippen molar-refractivity contribution in [2.45, 2.75) is 51.4 Å². The third kappa shape index (κ3) is 4.64. The molecule has 0 radical (unpaired) electrons. The molecule has 2 aromatic rings. The average Bonchev–Trinajstić information content (AvgIpc) is 3.11. The summed E-state index contributed by atoms with van der Waals surface area (Å²) in [5.74, 6) is -0.516. The van der Waals surface area contributed by atoms with Crippen molar-refractivity contribution in [2.75, 3.05) is 6.54 Å². The lowest BCUT2D eigenvalue weighted by Gasteiger charge is -2.14. The fourth-order valence-corrected chi connectivity index (χ4v) is 2.83. The van der Waals surface area contributed by atoms with Crippen molar-refractivity contribution in [3.8, 4) is 0 Å². The van der Waals surface area contributed by atoms with Crippen molar-refractivity contribution in [1.29, 1.82) is 0 Å². The van der Waals surface area contributed by atoms with Gasteiger partial charge in [-0.3, -0.25) is 14.2 Å². The predicted octanol–water partition coefficient (Wildman–Crippen LogP) is 2.82. The molecule has 9 heteroatoms. The average molecular weight is 369 g/mol. The molecule has 3 rings (SSSR count). The number of hydrogen-bond acceptors (Lipinski definition) is 3.